The first-order chi connectivity index (χ1) is 17.9. The van der Waals surface area contributed by atoms with Gasteiger partial charge in [0.25, 0.3) is 5.56 Å². The predicted octanol–water partition coefficient (Wildman–Crippen LogP) is 4.51. The number of rotatable bonds is 6. The molecule has 5 rings (SSSR count). The molecule has 2 aromatic carbocycles. The summed E-state index contributed by atoms with van der Waals surface area (Å²) in [7, 11) is 0. The van der Waals surface area contributed by atoms with Gasteiger partial charge in [0.15, 0.2) is 4.80 Å². The van der Waals surface area contributed by atoms with Gasteiger partial charge in [-0.05, 0) is 81.3 Å². The topological polar surface area (TPSA) is 63.9 Å². The zero-order valence-electron chi connectivity index (χ0n) is 21.6. The molecule has 0 aliphatic carbocycles. The number of nitrogens with zero attached hydrogens (tertiary/aromatic N) is 3. The van der Waals surface area contributed by atoms with Crippen molar-refractivity contribution in [2.75, 3.05) is 24.2 Å². The van der Waals surface area contributed by atoms with E-state index in [0.29, 0.717) is 20.6 Å². The molecule has 3 heterocycles. The Kier molecular flexibility index (Phi) is 7.40. The third-order valence-corrected chi connectivity index (χ3v) is 8.40. The van der Waals surface area contributed by atoms with Crippen LogP contribution in [0.25, 0.3) is 6.08 Å². The summed E-state index contributed by atoms with van der Waals surface area (Å²) in [5.41, 5.74) is 3.85. The molecule has 0 spiro atoms. The number of benzene rings is 2. The van der Waals surface area contributed by atoms with Gasteiger partial charge in [-0.2, -0.15) is 0 Å². The van der Waals surface area contributed by atoms with Crippen LogP contribution in [-0.2, 0) is 9.53 Å². The number of fused-ring (bicyclic) bond motifs is 1. The SMILES string of the molecule is CSc1ccc([C@@H]2C(C(=O)OC(C)C)=C(C)N=c3s/c(=C\c4ccc(N5CCCC5)cc4)c(=O)n32)cc1. The lowest BCUT2D eigenvalue weighted by Gasteiger charge is -2.25. The molecular weight excluding hydrogens is 502 g/mol. The molecular formula is C29H31N3O3S2. The molecule has 3 aromatic rings. The number of carbonyl (C=O) groups is 1. The minimum absolute atomic E-state index is 0.159. The maximum absolute atomic E-state index is 13.8. The summed E-state index contributed by atoms with van der Waals surface area (Å²) in [5.74, 6) is -0.443. The van der Waals surface area contributed by atoms with Crippen molar-refractivity contribution < 1.29 is 9.53 Å². The minimum Gasteiger partial charge on any atom is -0.459 e. The highest BCUT2D eigenvalue weighted by molar-refractivity contribution is 7.98. The fraction of sp³-hybridized carbons (Fsp3) is 0.345. The van der Waals surface area contributed by atoms with Gasteiger partial charge in [0.1, 0.15) is 0 Å². The van der Waals surface area contributed by atoms with Crippen LogP contribution in [0.1, 0.15) is 50.8 Å². The molecule has 1 saturated heterocycles. The van der Waals surface area contributed by atoms with E-state index < -0.39 is 12.0 Å². The Morgan fingerprint density at radius 2 is 1.78 bits per heavy atom. The smallest absolute Gasteiger partial charge is 0.338 e. The van der Waals surface area contributed by atoms with Crippen molar-refractivity contribution in [3.63, 3.8) is 0 Å². The van der Waals surface area contributed by atoms with E-state index in [1.165, 1.54) is 29.9 Å². The van der Waals surface area contributed by atoms with Gasteiger partial charge in [-0.15, -0.1) is 11.8 Å². The van der Waals surface area contributed by atoms with Crippen LogP contribution in [-0.4, -0.2) is 36.0 Å². The number of hydrogen-bond donors (Lipinski definition) is 0. The average Bonchev–Trinajstić information content (AvgIpc) is 3.52. The first-order valence-corrected chi connectivity index (χ1v) is 14.6. The molecule has 0 unspecified atom stereocenters. The zero-order chi connectivity index (χ0) is 26.1. The number of esters is 1. The highest BCUT2D eigenvalue weighted by Gasteiger charge is 2.33. The number of hydrogen-bond acceptors (Lipinski definition) is 7. The predicted molar refractivity (Wildman–Crippen MR) is 151 cm³/mol. The van der Waals surface area contributed by atoms with Gasteiger partial charge < -0.3 is 9.64 Å². The first-order valence-electron chi connectivity index (χ1n) is 12.6. The van der Waals surface area contributed by atoms with E-state index in [0.717, 1.165) is 29.1 Å². The third kappa shape index (κ3) is 5.18. The number of anilines is 1. The monoisotopic (exact) mass is 533 g/mol. The summed E-state index contributed by atoms with van der Waals surface area (Å²) in [4.78, 5) is 35.8. The van der Waals surface area contributed by atoms with Gasteiger partial charge >= 0.3 is 5.97 Å². The lowest BCUT2D eigenvalue weighted by molar-refractivity contribution is -0.143. The lowest BCUT2D eigenvalue weighted by Crippen LogP contribution is -2.40. The van der Waals surface area contributed by atoms with Gasteiger partial charge in [0.2, 0.25) is 0 Å². The lowest BCUT2D eigenvalue weighted by atomic mass is 9.96. The second-order valence-electron chi connectivity index (χ2n) is 9.59. The van der Waals surface area contributed by atoms with Crippen molar-refractivity contribution in [2.24, 2.45) is 4.99 Å². The Bertz CT molecular complexity index is 1510. The normalized spacial score (nSPS) is 17.8. The van der Waals surface area contributed by atoms with Crippen LogP contribution in [0.4, 0.5) is 5.69 Å². The maximum Gasteiger partial charge on any atom is 0.338 e. The summed E-state index contributed by atoms with van der Waals surface area (Å²) >= 11 is 3.00. The van der Waals surface area contributed by atoms with Gasteiger partial charge in [-0.1, -0.05) is 35.6 Å². The van der Waals surface area contributed by atoms with E-state index in [1.807, 2.05) is 57.4 Å². The molecule has 1 fully saturated rings. The van der Waals surface area contributed by atoms with Crippen LogP contribution in [0.2, 0.25) is 0 Å². The molecule has 192 valence electrons. The number of aromatic nitrogens is 1. The number of allylic oxidation sites excluding steroid dienone is 1. The van der Waals surface area contributed by atoms with Gasteiger partial charge in [-0.25, -0.2) is 9.79 Å². The molecule has 2 aliphatic heterocycles. The van der Waals surface area contributed by atoms with Crippen molar-refractivity contribution >= 4 is 40.8 Å². The molecule has 1 aromatic heterocycles. The van der Waals surface area contributed by atoms with Crippen LogP contribution in [0.3, 0.4) is 0 Å². The van der Waals surface area contributed by atoms with Crippen molar-refractivity contribution in [3.8, 4) is 0 Å². The van der Waals surface area contributed by atoms with Crippen molar-refractivity contribution in [1.29, 1.82) is 0 Å². The Labute approximate surface area is 225 Å². The summed E-state index contributed by atoms with van der Waals surface area (Å²) in [6.07, 6.45) is 6.12. The van der Waals surface area contributed by atoms with Gasteiger partial charge in [0.05, 0.1) is 27.9 Å². The maximum atomic E-state index is 13.8. The van der Waals surface area contributed by atoms with E-state index in [4.69, 9.17) is 4.74 Å². The average molecular weight is 534 g/mol. The Hall–Kier alpha value is -3.10. The van der Waals surface area contributed by atoms with E-state index >= 15 is 0 Å². The minimum atomic E-state index is -0.599. The fourth-order valence-corrected chi connectivity index (χ4v) is 6.32. The number of thiazole rings is 1. The van der Waals surface area contributed by atoms with Gasteiger partial charge in [0, 0.05) is 23.7 Å². The van der Waals surface area contributed by atoms with Crippen LogP contribution in [0, 0.1) is 0 Å². The molecule has 0 radical (unpaired) electrons. The molecule has 2 aliphatic rings. The van der Waals surface area contributed by atoms with E-state index in [-0.39, 0.29) is 11.7 Å². The first kappa shape index (κ1) is 25.5. The molecule has 0 N–H and O–H groups in total. The van der Waals surface area contributed by atoms with Crippen LogP contribution in [0.15, 0.2) is 74.5 Å². The number of thioether (sulfide) groups is 1. The van der Waals surface area contributed by atoms with E-state index in [9.17, 15) is 9.59 Å². The number of carbonyl (C=O) groups excluding carboxylic acids is 1. The van der Waals surface area contributed by atoms with Crippen LogP contribution < -0.4 is 19.8 Å². The zero-order valence-corrected chi connectivity index (χ0v) is 23.2. The van der Waals surface area contributed by atoms with Crippen LogP contribution in [0.5, 0.6) is 0 Å². The molecule has 6 nitrogen and oxygen atoms in total. The molecule has 0 bridgehead atoms. The molecule has 1 atom stereocenters. The Balaban J connectivity index is 1.60. The standard InChI is InChI=1S/C29H31N3O3S2/c1-18(2)35-28(34)25-19(3)30-29-32(26(25)21-9-13-23(36-4)14-10-21)27(33)24(37-29)17-20-7-11-22(12-8-20)31-15-5-6-16-31/h7-14,17-18,26H,5-6,15-16H2,1-4H3/b24-17-/t26-/m1/s1. The second-order valence-corrected chi connectivity index (χ2v) is 11.5. The van der Waals surface area contributed by atoms with E-state index in [1.54, 1.807) is 16.3 Å². The van der Waals surface area contributed by atoms with Crippen molar-refractivity contribution in [2.45, 2.75) is 50.7 Å². The summed E-state index contributed by atoms with van der Waals surface area (Å²) in [5, 5.41) is 0. The molecule has 0 amide bonds. The second kappa shape index (κ2) is 10.7. The largest absolute Gasteiger partial charge is 0.459 e. The summed E-state index contributed by atoms with van der Waals surface area (Å²) in [6, 6.07) is 15.7. The highest BCUT2D eigenvalue weighted by Crippen LogP contribution is 2.32. The van der Waals surface area contributed by atoms with Crippen molar-refractivity contribution in [1.82, 2.24) is 4.57 Å². The van der Waals surface area contributed by atoms with Crippen molar-refractivity contribution in [3.05, 3.63) is 90.6 Å². The molecule has 0 saturated carbocycles. The molecule has 37 heavy (non-hydrogen) atoms. The summed E-state index contributed by atoms with van der Waals surface area (Å²) in [6.45, 7) is 7.64. The third-order valence-electron chi connectivity index (χ3n) is 6.68. The highest BCUT2D eigenvalue weighted by atomic mass is 32.2. The molecule has 8 heteroatoms. The van der Waals surface area contributed by atoms with Gasteiger partial charge in [-0.3, -0.25) is 9.36 Å². The number of ether oxygens (including phenoxy) is 1. The summed E-state index contributed by atoms with van der Waals surface area (Å²) < 4.78 is 7.82. The van der Waals surface area contributed by atoms with E-state index in [2.05, 4.69) is 34.2 Å². The Morgan fingerprint density at radius 3 is 2.41 bits per heavy atom. The fourth-order valence-electron chi connectivity index (χ4n) is 4.87. The Morgan fingerprint density at radius 1 is 1.11 bits per heavy atom. The quantitative estimate of drug-likeness (QED) is 0.345. The van der Waals surface area contributed by atoms with Crippen LogP contribution >= 0.6 is 23.1 Å².